The van der Waals surface area contributed by atoms with Gasteiger partial charge in [-0.05, 0) is 13.0 Å². The average Bonchev–Trinajstić information content (AvgIpc) is 2.02. The molecule has 0 aromatic carbocycles. The summed E-state index contributed by atoms with van der Waals surface area (Å²) in [5.41, 5.74) is -0.324. The van der Waals surface area contributed by atoms with Crippen LogP contribution in [0.4, 0.5) is 0 Å². The SMILES string of the molecule is CC1CC(NC(=O)C(C)(C)C)C=CO1. The van der Waals surface area contributed by atoms with Crippen molar-refractivity contribution in [2.24, 2.45) is 5.41 Å². The minimum absolute atomic E-state index is 0.0845. The summed E-state index contributed by atoms with van der Waals surface area (Å²) in [4.78, 5) is 11.7. The summed E-state index contributed by atoms with van der Waals surface area (Å²) in [5.74, 6) is 0.0845. The van der Waals surface area contributed by atoms with Crippen molar-refractivity contribution in [1.29, 1.82) is 0 Å². The third-order valence-electron chi connectivity index (χ3n) is 2.21. The highest BCUT2D eigenvalue weighted by atomic mass is 16.5. The summed E-state index contributed by atoms with van der Waals surface area (Å²) in [5, 5.41) is 2.98. The Balaban J connectivity index is 2.49. The minimum Gasteiger partial charge on any atom is -0.498 e. The Morgan fingerprint density at radius 3 is 2.64 bits per heavy atom. The van der Waals surface area contributed by atoms with Gasteiger partial charge in [-0.1, -0.05) is 20.8 Å². The Morgan fingerprint density at radius 2 is 2.14 bits per heavy atom. The molecule has 0 bridgehead atoms. The van der Waals surface area contributed by atoms with Gasteiger partial charge in [0.05, 0.1) is 18.4 Å². The standard InChI is InChI=1S/C11H19NO2/c1-8-7-9(5-6-14-8)12-10(13)11(2,3)4/h5-6,8-9H,7H2,1-4H3,(H,12,13). The molecule has 14 heavy (non-hydrogen) atoms. The van der Waals surface area contributed by atoms with Gasteiger partial charge in [0.2, 0.25) is 5.91 Å². The van der Waals surface area contributed by atoms with Crippen LogP contribution in [0.25, 0.3) is 0 Å². The first-order chi connectivity index (χ1) is 6.39. The van der Waals surface area contributed by atoms with Gasteiger partial charge in [-0.2, -0.15) is 0 Å². The van der Waals surface area contributed by atoms with E-state index in [9.17, 15) is 4.79 Å². The second-order valence-corrected chi connectivity index (χ2v) is 4.84. The van der Waals surface area contributed by atoms with Gasteiger partial charge in [0.25, 0.3) is 0 Å². The molecule has 80 valence electrons. The number of hydrogen-bond acceptors (Lipinski definition) is 2. The van der Waals surface area contributed by atoms with E-state index in [4.69, 9.17) is 4.74 Å². The molecule has 1 amide bonds. The molecule has 0 spiro atoms. The van der Waals surface area contributed by atoms with E-state index in [0.29, 0.717) is 0 Å². The molecule has 0 saturated heterocycles. The Morgan fingerprint density at radius 1 is 1.50 bits per heavy atom. The maximum absolute atomic E-state index is 11.7. The van der Waals surface area contributed by atoms with Crippen molar-refractivity contribution >= 4 is 5.91 Å². The van der Waals surface area contributed by atoms with Crippen LogP contribution in [0.5, 0.6) is 0 Å². The number of nitrogens with one attached hydrogen (secondary N) is 1. The summed E-state index contributed by atoms with van der Waals surface area (Å²) in [6, 6.07) is 0.116. The van der Waals surface area contributed by atoms with Gasteiger partial charge < -0.3 is 10.1 Å². The van der Waals surface area contributed by atoms with E-state index in [1.165, 1.54) is 0 Å². The summed E-state index contributed by atoms with van der Waals surface area (Å²) in [6.07, 6.45) is 4.59. The molecule has 0 aromatic rings. The van der Waals surface area contributed by atoms with E-state index in [1.807, 2.05) is 33.8 Å². The number of carbonyl (C=O) groups is 1. The summed E-state index contributed by atoms with van der Waals surface area (Å²) in [7, 11) is 0. The highest BCUT2D eigenvalue weighted by Crippen LogP contribution is 2.16. The lowest BCUT2D eigenvalue weighted by molar-refractivity contribution is -0.129. The van der Waals surface area contributed by atoms with Crippen molar-refractivity contribution in [3.63, 3.8) is 0 Å². The molecular weight excluding hydrogens is 178 g/mol. The molecule has 1 aliphatic heterocycles. The largest absolute Gasteiger partial charge is 0.498 e. The normalized spacial score (nSPS) is 26.9. The van der Waals surface area contributed by atoms with E-state index < -0.39 is 0 Å². The zero-order valence-corrected chi connectivity index (χ0v) is 9.33. The predicted molar refractivity (Wildman–Crippen MR) is 55.7 cm³/mol. The molecule has 1 N–H and O–H groups in total. The van der Waals surface area contributed by atoms with Crippen LogP contribution in [-0.2, 0) is 9.53 Å². The topological polar surface area (TPSA) is 38.3 Å². The average molecular weight is 197 g/mol. The predicted octanol–water partition coefficient (Wildman–Crippen LogP) is 1.84. The second kappa shape index (κ2) is 4.03. The number of ether oxygens (including phenoxy) is 1. The smallest absolute Gasteiger partial charge is 0.225 e. The molecule has 0 aromatic heterocycles. The van der Waals surface area contributed by atoms with Crippen LogP contribution in [-0.4, -0.2) is 18.1 Å². The molecule has 1 aliphatic rings. The maximum atomic E-state index is 11.7. The zero-order chi connectivity index (χ0) is 10.8. The number of carbonyl (C=O) groups excluding carboxylic acids is 1. The lowest BCUT2D eigenvalue weighted by atomic mass is 9.94. The Bertz CT molecular complexity index is 240. The first-order valence-electron chi connectivity index (χ1n) is 5.02. The fourth-order valence-corrected chi connectivity index (χ4v) is 1.26. The zero-order valence-electron chi connectivity index (χ0n) is 9.33. The number of hydrogen-bond donors (Lipinski definition) is 1. The Kier molecular flexibility index (Phi) is 3.19. The van der Waals surface area contributed by atoms with Gasteiger partial charge in [-0.3, -0.25) is 4.79 Å². The molecule has 3 nitrogen and oxygen atoms in total. The van der Waals surface area contributed by atoms with E-state index >= 15 is 0 Å². The van der Waals surface area contributed by atoms with Crippen LogP contribution in [0, 0.1) is 5.41 Å². The minimum atomic E-state index is -0.324. The highest BCUT2D eigenvalue weighted by molar-refractivity contribution is 5.81. The molecular formula is C11H19NO2. The van der Waals surface area contributed by atoms with Crippen LogP contribution in [0.1, 0.15) is 34.1 Å². The maximum Gasteiger partial charge on any atom is 0.225 e. The summed E-state index contributed by atoms with van der Waals surface area (Å²) in [6.45, 7) is 7.73. The van der Waals surface area contributed by atoms with Gasteiger partial charge in [0.15, 0.2) is 0 Å². The first kappa shape index (κ1) is 11.1. The van der Waals surface area contributed by atoms with E-state index in [2.05, 4.69) is 5.32 Å². The van der Waals surface area contributed by atoms with Crippen molar-refractivity contribution in [2.75, 3.05) is 0 Å². The summed E-state index contributed by atoms with van der Waals surface area (Å²) >= 11 is 0. The van der Waals surface area contributed by atoms with Crippen LogP contribution < -0.4 is 5.32 Å². The summed E-state index contributed by atoms with van der Waals surface area (Å²) < 4.78 is 5.24. The molecule has 2 atom stereocenters. The quantitative estimate of drug-likeness (QED) is 0.696. The van der Waals surface area contributed by atoms with Gasteiger partial charge in [0, 0.05) is 11.8 Å². The lowest BCUT2D eigenvalue weighted by Crippen LogP contribution is -2.43. The highest BCUT2D eigenvalue weighted by Gasteiger charge is 2.25. The molecule has 0 fully saturated rings. The van der Waals surface area contributed by atoms with Gasteiger partial charge in [-0.15, -0.1) is 0 Å². The molecule has 0 aliphatic carbocycles. The molecule has 3 heteroatoms. The van der Waals surface area contributed by atoms with Crippen molar-refractivity contribution < 1.29 is 9.53 Å². The van der Waals surface area contributed by atoms with Crippen molar-refractivity contribution in [2.45, 2.75) is 46.3 Å². The van der Waals surface area contributed by atoms with Crippen LogP contribution in [0.15, 0.2) is 12.3 Å². The third kappa shape index (κ3) is 3.05. The molecule has 1 rings (SSSR count). The third-order valence-corrected chi connectivity index (χ3v) is 2.21. The first-order valence-corrected chi connectivity index (χ1v) is 5.02. The van der Waals surface area contributed by atoms with Crippen molar-refractivity contribution in [3.8, 4) is 0 Å². The van der Waals surface area contributed by atoms with E-state index in [1.54, 1.807) is 6.26 Å². The van der Waals surface area contributed by atoms with Gasteiger partial charge >= 0.3 is 0 Å². The van der Waals surface area contributed by atoms with E-state index in [0.717, 1.165) is 6.42 Å². The van der Waals surface area contributed by atoms with Gasteiger partial charge in [0.1, 0.15) is 0 Å². The van der Waals surface area contributed by atoms with Crippen LogP contribution in [0.2, 0.25) is 0 Å². The lowest BCUT2D eigenvalue weighted by Gasteiger charge is -2.26. The fourth-order valence-electron chi connectivity index (χ4n) is 1.26. The van der Waals surface area contributed by atoms with Crippen LogP contribution in [0.3, 0.4) is 0 Å². The molecule has 2 unspecified atom stereocenters. The van der Waals surface area contributed by atoms with E-state index in [-0.39, 0.29) is 23.5 Å². The molecule has 1 heterocycles. The van der Waals surface area contributed by atoms with Crippen LogP contribution >= 0.6 is 0 Å². The Hall–Kier alpha value is -0.990. The second-order valence-electron chi connectivity index (χ2n) is 4.84. The number of rotatable bonds is 1. The fraction of sp³-hybridized carbons (Fsp3) is 0.727. The Labute approximate surface area is 85.5 Å². The van der Waals surface area contributed by atoms with Crippen molar-refractivity contribution in [3.05, 3.63) is 12.3 Å². The molecule has 0 saturated carbocycles. The monoisotopic (exact) mass is 197 g/mol. The van der Waals surface area contributed by atoms with Crippen molar-refractivity contribution in [1.82, 2.24) is 5.32 Å². The molecule has 0 radical (unpaired) electrons. The number of amides is 1. The van der Waals surface area contributed by atoms with Gasteiger partial charge in [-0.25, -0.2) is 0 Å².